The van der Waals surface area contributed by atoms with Crippen molar-refractivity contribution in [2.45, 2.75) is 26.3 Å². The maximum atomic E-state index is 13.0. The van der Waals surface area contributed by atoms with E-state index in [1.54, 1.807) is 6.07 Å². The van der Waals surface area contributed by atoms with Gasteiger partial charge in [0.1, 0.15) is 11.8 Å². The van der Waals surface area contributed by atoms with Crippen molar-refractivity contribution >= 4 is 11.7 Å². The van der Waals surface area contributed by atoms with Crippen molar-refractivity contribution in [1.82, 2.24) is 15.0 Å². The molecule has 0 radical (unpaired) electrons. The summed E-state index contributed by atoms with van der Waals surface area (Å²) < 4.78 is 5.05. The number of nitrogens with zero attached hydrogens (tertiary/aromatic N) is 3. The zero-order valence-corrected chi connectivity index (χ0v) is 14.9. The number of aromatic nitrogens is 1. The van der Waals surface area contributed by atoms with Crippen LogP contribution < -0.4 is 5.32 Å². The van der Waals surface area contributed by atoms with E-state index in [9.17, 15) is 4.79 Å². The predicted molar refractivity (Wildman–Crippen MR) is 97.4 cm³/mol. The van der Waals surface area contributed by atoms with Crippen LogP contribution in [0.5, 0.6) is 0 Å². The molecule has 1 atom stereocenters. The van der Waals surface area contributed by atoms with Gasteiger partial charge in [0, 0.05) is 32.2 Å². The maximum absolute atomic E-state index is 13.0. The molecule has 1 aliphatic rings. The van der Waals surface area contributed by atoms with E-state index >= 15 is 0 Å². The molecule has 1 saturated heterocycles. The van der Waals surface area contributed by atoms with Crippen LogP contribution in [0.2, 0.25) is 0 Å². The fourth-order valence-corrected chi connectivity index (χ4v) is 3.34. The van der Waals surface area contributed by atoms with E-state index in [4.69, 9.17) is 4.52 Å². The number of anilines is 1. The van der Waals surface area contributed by atoms with Crippen LogP contribution in [0.1, 0.15) is 30.7 Å². The van der Waals surface area contributed by atoms with E-state index in [2.05, 4.69) is 27.2 Å². The van der Waals surface area contributed by atoms with Crippen LogP contribution in [0.3, 0.4) is 0 Å². The molecule has 1 aliphatic heterocycles. The molecule has 25 heavy (non-hydrogen) atoms. The highest BCUT2D eigenvalue weighted by Gasteiger charge is 2.30. The van der Waals surface area contributed by atoms with Crippen LogP contribution in [-0.2, 0) is 4.79 Å². The lowest BCUT2D eigenvalue weighted by Gasteiger charge is -2.38. The van der Waals surface area contributed by atoms with Crippen molar-refractivity contribution in [2.24, 2.45) is 0 Å². The second-order valence-corrected chi connectivity index (χ2v) is 6.50. The lowest BCUT2D eigenvalue weighted by molar-refractivity contribution is -0.122. The number of carbonyl (C=O) groups excluding carboxylic acids is 1. The van der Waals surface area contributed by atoms with Gasteiger partial charge < -0.3 is 14.7 Å². The maximum Gasteiger partial charge on any atom is 0.247 e. The molecule has 0 bridgehead atoms. The van der Waals surface area contributed by atoms with E-state index in [-0.39, 0.29) is 11.9 Å². The quantitative estimate of drug-likeness (QED) is 0.874. The number of hydrogen-bond donors (Lipinski definition) is 1. The molecule has 6 heteroatoms. The van der Waals surface area contributed by atoms with E-state index in [0.29, 0.717) is 11.6 Å². The second kappa shape index (κ2) is 8.27. The Balaban J connectivity index is 1.75. The summed E-state index contributed by atoms with van der Waals surface area (Å²) in [5.41, 5.74) is 1.00. The Kier molecular flexibility index (Phi) is 5.83. The second-order valence-electron chi connectivity index (χ2n) is 6.50. The predicted octanol–water partition coefficient (Wildman–Crippen LogP) is 2.69. The van der Waals surface area contributed by atoms with E-state index in [1.807, 2.05) is 37.3 Å². The summed E-state index contributed by atoms with van der Waals surface area (Å²) in [6.45, 7) is 8.88. The topological polar surface area (TPSA) is 61.6 Å². The van der Waals surface area contributed by atoms with Gasteiger partial charge in [-0.25, -0.2) is 0 Å². The first-order chi connectivity index (χ1) is 12.2. The standard InChI is InChI=1S/C19H26N4O2/c1-3-9-22-10-12-23(13-11-22)18(16-7-5-4-6-8-16)19(24)20-17-14-15(2)25-21-17/h4-8,14,18H,3,9-13H2,1-2H3,(H,20,21,24). The average Bonchev–Trinajstić information content (AvgIpc) is 3.03. The van der Waals surface area contributed by atoms with Gasteiger partial charge in [0.2, 0.25) is 5.91 Å². The average molecular weight is 342 g/mol. The summed E-state index contributed by atoms with van der Waals surface area (Å²) in [6.07, 6.45) is 1.16. The molecule has 0 saturated carbocycles. The van der Waals surface area contributed by atoms with Crippen molar-refractivity contribution in [2.75, 3.05) is 38.0 Å². The number of benzene rings is 1. The summed E-state index contributed by atoms with van der Waals surface area (Å²) in [7, 11) is 0. The summed E-state index contributed by atoms with van der Waals surface area (Å²) in [5.74, 6) is 1.08. The van der Waals surface area contributed by atoms with Crippen LogP contribution in [0.25, 0.3) is 0 Å². The van der Waals surface area contributed by atoms with Crippen LogP contribution in [-0.4, -0.2) is 53.6 Å². The molecule has 0 aliphatic carbocycles. The number of hydrogen-bond acceptors (Lipinski definition) is 5. The number of carbonyl (C=O) groups is 1. The first kappa shape index (κ1) is 17.6. The Morgan fingerprint density at radius 1 is 1.24 bits per heavy atom. The van der Waals surface area contributed by atoms with Gasteiger partial charge >= 0.3 is 0 Å². The molecule has 1 amide bonds. The molecular formula is C19H26N4O2. The van der Waals surface area contributed by atoms with Gasteiger partial charge in [-0.2, -0.15) is 0 Å². The fourth-order valence-electron chi connectivity index (χ4n) is 3.34. The molecule has 1 fully saturated rings. The van der Waals surface area contributed by atoms with Gasteiger partial charge in [-0.15, -0.1) is 0 Å². The first-order valence-electron chi connectivity index (χ1n) is 8.93. The van der Waals surface area contributed by atoms with E-state index < -0.39 is 0 Å². The van der Waals surface area contributed by atoms with E-state index in [1.165, 1.54) is 0 Å². The lowest BCUT2D eigenvalue weighted by atomic mass is 10.0. The number of nitrogens with one attached hydrogen (secondary N) is 1. The molecule has 1 unspecified atom stereocenters. The smallest absolute Gasteiger partial charge is 0.247 e. The summed E-state index contributed by atoms with van der Waals surface area (Å²) in [4.78, 5) is 17.7. The van der Waals surface area contributed by atoms with Crippen molar-refractivity contribution in [3.8, 4) is 0 Å². The number of piperazine rings is 1. The monoisotopic (exact) mass is 342 g/mol. The third-order valence-corrected chi connectivity index (χ3v) is 4.55. The minimum Gasteiger partial charge on any atom is -0.360 e. The number of rotatable bonds is 6. The third-order valence-electron chi connectivity index (χ3n) is 4.55. The molecule has 6 nitrogen and oxygen atoms in total. The normalized spacial score (nSPS) is 17.4. The zero-order valence-electron chi connectivity index (χ0n) is 14.9. The van der Waals surface area contributed by atoms with Crippen LogP contribution in [0.15, 0.2) is 40.9 Å². The van der Waals surface area contributed by atoms with Crippen LogP contribution in [0.4, 0.5) is 5.82 Å². The summed E-state index contributed by atoms with van der Waals surface area (Å²) >= 11 is 0. The van der Waals surface area contributed by atoms with Gasteiger partial charge in [0.05, 0.1) is 0 Å². The minimum absolute atomic E-state index is 0.0663. The van der Waals surface area contributed by atoms with Crippen molar-refractivity contribution in [3.05, 3.63) is 47.7 Å². The SMILES string of the molecule is CCCN1CCN(C(C(=O)Nc2cc(C)on2)c2ccccc2)CC1. The third kappa shape index (κ3) is 4.46. The highest BCUT2D eigenvalue weighted by Crippen LogP contribution is 2.24. The molecule has 0 spiro atoms. The van der Waals surface area contributed by atoms with Crippen molar-refractivity contribution in [3.63, 3.8) is 0 Å². The number of amides is 1. The number of aryl methyl sites for hydroxylation is 1. The lowest BCUT2D eigenvalue weighted by Crippen LogP contribution is -2.50. The van der Waals surface area contributed by atoms with Gasteiger partial charge in [-0.3, -0.25) is 9.69 Å². The molecule has 1 N–H and O–H groups in total. The molecular weight excluding hydrogens is 316 g/mol. The summed E-state index contributed by atoms with van der Waals surface area (Å²) in [5, 5.41) is 6.78. The summed E-state index contributed by atoms with van der Waals surface area (Å²) in [6, 6.07) is 11.4. The Labute approximate surface area is 148 Å². The Hall–Kier alpha value is -2.18. The Bertz CT molecular complexity index is 678. The molecule has 2 heterocycles. The highest BCUT2D eigenvalue weighted by molar-refractivity contribution is 5.94. The van der Waals surface area contributed by atoms with E-state index in [0.717, 1.165) is 44.7 Å². The molecule has 1 aromatic carbocycles. The van der Waals surface area contributed by atoms with Crippen LogP contribution in [0, 0.1) is 6.92 Å². The van der Waals surface area contributed by atoms with Gasteiger partial charge in [0.15, 0.2) is 5.82 Å². The molecule has 3 rings (SSSR count). The highest BCUT2D eigenvalue weighted by atomic mass is 16.5. The van der Waals surface area contributed by atoms with Crippen molar-refractivity contribution in [1.29, 1.82) is 0 Å². The van der Waals surface area contributed by atoms with Crippen molar-refractivity contribution < 1.29 is 9.32 Å². The minimum atomic E-state index is -0.318. The first-order valence-corrected chi connectivity index (χ1v) is 8.93. The molecule has 134 valence electrons. The van der Waals surface area contributed by atoms with Gasteiger partial charge in [-0.05, 0) is 25.5 Å². The van der Waals surface area contributed by atoms with Gasteiger partial charge in [0.25, 0.3) is 0 Å². The molecule has 1 aromatic heterocycles. The Morgan fingerprint density at radius 3 is 2.56 bits per heavy atom. The Morgan fingerprint density at radius 2 is 1.96 bits per heavy atom. The zero-order chi connectivity index (χ0) is 17.6. The molecule has 2 aromatic rings. The van der Waals surface area contributed by atoms with Gasteiger partial charge in [-0.1, -0.05) is 42.4 Å². The van der Waals surface area contributed by atoms with Crippen LogP contribution >= 0.6 is 0 Å². The largest absolute Gasteiger partial charge is 0.360 e. The fraction of sp³-hybridized carbons (Fsp3) is 0.474.